The van der Waals surface area contributed by atoms with E-state index in [1.807, 2.05) is 49.6 Å². The highest BCUT2D eigenvalue weighted by Gasteiger charge is 2.51. The lowest BCUT2D eigenvalue weighted by Crippen LogP contribution is -2.67. The number of hydrogen-bond acceptors (Lipinski definition) is 9. The van der Waals surface area contributed by atoms with Gasteiger partial charge >= 0.3 is 12.1 Å². The summed E-state index contributed by atoms with van der Waals surface area (Å²) in [5.74, 6) is 3.19. The van der Waals surface area contributed by atoms with Gasteiger partial charge < -0.3 is 28.7 Å². The van der Waals surface area contributed by atoms with Crippen molar-refractivity contribution in [1.29, 1.82) is 0 Å². The molecule has 0 saturated carbocycles. The van der Waals surface area contributed by atoms with Crippen LogP contribution in [0.15, 0.2) is 76.6 Å². The van der Waals surface area contributed by atoms with Crippen molar-refractivity contribution in [2.75, 3.05) is 33.5 Å². The quantitative estimate of drug-likeness (QED) is 0.0445. The van der Waals surface area contributed by atoms with E-state index < -0.39 is 50.9 Å². The summed E-state index contributed by atoms with van der Waals surface area (Å²) in [6.07, 6.45) is -1.33. The summed E-state index contributed by atoms with van der Waals surface area (Å²) >= 11 is 0. The molecule has 4 atom stereocenters. The summed E-state index contributed by atoms with van der Waals surface area (Å²) in [6, 6.07) is 20.6. The van der Waals surface area contributed by atoms with Crippen LogP contribution in [0.5, 0.6) is 0 Å². The number of nitrogens with zero attached hydrogens (tertiary/aromatic N) is 4. The van der Waals surface area contributed by atoms with Gasteiger partial charge in [0.05, 0.1) is 36.5 Å². The minimum absolute atomic E-state index is 0.0323. The molecule has 1 unspecified atom stereocenters. The Labute approximate surface area is 327 Å². The Morgan fingerprint density at radius 1 is 1.16 bits per heavy atom. The lowest BCUT2D eigenvalue weighted by molar-refractivity contribution is -0.173. The largest absolute Gasteiger partial charge is 0.471 e. The first-order valence-corrected chi connectivity index (χ1v) is 22.0. The van der Waals surface area contributed by atoms with E-state index in [0.717, 1.165) is 10.4 Å². The number of amides is 1. The van der Waals surface area contributed by atoms with Crippen molar-refractivity contribution in [3.63, 3.8) is 0 Å². The van der Waals surface area contributed by atoms with Crippen molar-refractivity contribution in [2.24, 2.45) is 4.99 Å². The molecule has 294 valence electrons. The van der Waals surface area contributed by atoms with Gasteiger partial charge in [0, 0.05) is 26.7 Å². The number of carbonyl (C=O) groups excluding carboxylic acids is 1. The van der Waals surface area contributed by atoms with E-state index in [1.165, 1.54) is 6.34 Å². The predicted octanol–water partition coefficient (Wildman–Crippen LogP) is 5.58. The minimum Gasteiger partial charge on any atom is -0.405 e. The molecule has 11 nitrogen and oxygen atoms in total. The van der Waals surface area contributed by atoms with Crippen molar-refractivity contribution in [2.45, 2.75) is 69.2 Å². The van der Waals surface area contributed by atoms with Crippen molar-refractivity contribution in [3.05, 3.63) is 82.8 Å². The highest BCUT2D eigenvalue weighted by molar-refractivity contribution is 8.76. The fourth-order valence-corrected chi connectivity index (χ4v) is 12.6. The lowest BCUT2D eigenvalue weighted by atomic mass is 10.2. The third kappa shape index (κ3) is 9.85. The summed E-state index contributed by atoms with van der Waals surface area (Å²) in [7, 11) is 3.74. The lowest BCUT2D eigenvalue weighted by Gasteiger charge is -2.43. The molecule has 3 heterocycles. The second-order valence-electron chi connectivity index (χ2n) is 14.1. The first-order valence-electron chi connectivity index (χ1n) is 17.5. The van der Waals surface area contributed by atoms with E-state index in [0.29, 0.717) is 6.42 Å². The molecule has 2 N–H and O–H groups in total. The third-order valence-corrected chi connectivity index (χ3v) is 15.8. The summed E-state index contributed by atoms with van der Waals surface area (Å²) in [5, 5.41) is 3.77. The first kappa shape index (κ1) is 42.1. The molecule has 0 radical (unpaired) electrons. The van der Waals surface area contributed by atoms with E-state index in [9.17, 15) is 22.8 Å². The number of aromatic nitrogens is 3. The summed E-state index contributed by atoms with van der Waals surface area (Å²) < 4.78 is 60.6. The van der Waals surface area contributed by atoms with Crippen LogP contribution in [0.4, 0.5) is 19.1 Å². The van der Waals surface area contributed by atoms with Crippen LogP contribution < -0.4 is 21.2 Å². The van der Waals surface area contributed by atoms with Crippen LogP contribution in [0.1, 0.15) is 45.9 Å². The third-order valence-electron chi connectivity index (χ3n) is 8.87. The van der Waals surface area contributed by atoms with Crippen LogP contribution in [-0.2, 0) is 18.7 Å². The van der Waals surface area contributed by atoms with E-state index in [4.69, 9.17) is 13.9 Å². The molecule has 5 rings (SSSR count). The summed E-state index contributed by atoms with van der Waals surface area (Å²) in [5.41, 5.74) is -0.351. The van der Waals surface area contributed by atoms with Crippen LogP contribution >= 0.6 is 21.6 Å². The fourth-order valence-electron chi connectivity index (χ4n) is 6.59. The van der Waals surface area contributed by atoms with Crippen molar-refractivity contribution < 1.29 is 31.9 Å². The van der Waals surface area contributed by atoms with Crippen molar-refractivity contribution >= 4 is 69.5 Å². The van der Waals surface area contributed by atoms with Gasteiger partial charge in [0.15, 0.2) is 5.65 Å². The molecular weight excluding hydrogens is 770 g/mol. The normalized spacial score (nSPS) is 18.3. The Morgan fingerprint density at radius 3 is 2.36 bits per heavy atom. The SMILES string of the molecule is CSS[C@@H](C)OC1C[C@H](n2cc(C#CCNC(=O)C(F)(F)F)c3c(=O)[nH]c(/N=C\N(C)C)nc32)O[C@@H]1CO[Si](c1ccccc1)(c1ccccc1)C(C)(C)C. The molecule has 2 aromatic heterocycles. The highest BCUT2D eigenvalue weighted by Crippen LogP contribution is 2.40. The number of aliphatic imine (C=N–C) groups is 1. The first-order chi connectivity index (χ1) is 26.0. The van der Waals surface area contributed by atoms with Gasteiger partial charge in [0.1, 0.15) is 17.8 Å². The molecule has 0 spiro atoms. The molecule has 1 fully saturated rings. The Hall–Kier alpha value is -4.05. The summed E-state index contributed by atoms with van der Waals surface area (Å²) in [4.78, 5) is 38.1. The molecular formula is C38H45F3N6O5S2Si. The van der Waals surface area contributed by atoms with Gasteiger partial charge in [-0.15, -0.1) is 0 Å². The molecule has 4 aromatic rings. The van der Waals surface area contributed by atoms with Crippen LogP contribution in [0, 0.1) is 11.8 Å². The topological polar surface area (TPSA) is 123 Å². The number of carbonyl (C=O) groups is 1. The van der Waals surface area contributed by atoms with Crippen LogP contribution in [0.3, 0.4) is 0 Å². The van der Waals surface area contributed by atoms with Gasteiger partial charge in [-0.3, -0.25) is 14.6 Å². The van der Waals surface area contributed by atoms with Gasteiger partial charge in [-0.05, 0) is 28.6 Å². The number of hydrogen-bond donors (Lipinski definition) is 2. The smallest absolute Gasteiger partial charge is 0.405 e. The Kier molecular flexibility index (Phi) is 13.6. The Morgan fingerprint density at radius 2 is 1.80 bits per heavy atom. The molecule has 2 aromatic carbocycles. The molecule has 0 bridgehead atoms. The molecule has 17 heteroatoms. The number of rotatable bonds is 13. The average molecular weight is 815 g/mol. The van der Waals surface area contributed by atoms with E-state index in [1.54, 1.807) is 56.7 Å². The molecule has 0 aliphatic carbocycles. The van der Waals surface area contributed by atoms with Gasteiger partial charge in [-0.2, -0.15) is 18.2 Å². The maximum absolute atomic E-state index is 13.5. The summed E-state index contributed by atoms with van der Waals surface area (Å²) in [6.45, 7) is 8.18. The number of halogens is 3. The Bertz CT molecular complexity index is 2040. The fraction of sp³-hybridized carbons (Fsp3) is 0.421. The Balaban J connectivity index is 1.56. The van der Waals surface area contributed by atoms with Crippen molar-refractivity contribution in [1.82, 2.24) is 24.8 Å². The molecule has 1 aliphatic heterocycles. The number of H-pyrrole nitrogens is 1. The molecule has 55 heavy (non-hydrogen) atoms. The monoisotopic (exact) mass is 814 g/mol. The van der Waals surface area contributed by atoms with E-state index in [-0.39, 0.29) is 39.6 Å². The second-order valence-corrected chi connectivity index (χ2v) is 21.1. The number of aromatic amines is 1. The molecule has 1 amide bonds. The number of benzene rings is 2. The number of fused-ring (bicyclic) bond motifs is 1. The zero-order valence-electron chi connectivity index (χ0n) is 31.6. The van der Waals surface area contributed by atoms with Crippen molar-refractivity contribution in [3.8, 4) is 11.8 Å². The number of nitrogens with one attached hydrogen (secondary N) is 2. The van der Waals surface area contributed by atoms with Crippen LogP contribution in [0.25, 0.3) is 11.0 Å². The van der Waals surface area contributed by atoms with Gasteiger partial charge in [-0.1, -0.05) is 115 Å². The highest BCUT2D eigenvalue weighted by atomic mass is 33.1. The van der Waals surface area contributed by atoms with Gasteiger partial charge in [0.2, 0.25) is 5.95 Å². The maximum Gasteiger partial charge on any atom is 0.471 e. The van der Waals surface area contributed by atoms with Gasteiger partial charge in [-0.25, -0.2) is 4.99 Å². The zero-order chi connectivity index (χ0) is 40.0. The number of alkyl halides is 3. The predicted molar refractivity (Wildman–Crippen MR) is 216 cm³/mol. The second kappa shape index (κ2) is 17.8. The molecule has 1 aliphatic rings. The molecule has 1 saturated heterocycles. The standard InChI is InChI=1S/C38H45F3N6O5S2Si/c1-25(54-53-7)51-29-21-31(52-30(29)23-50-55(37(2,3)4,27-16-10-8-11-17-27)28-18-12-9-13-19-28)47-22-26(15-14-20-42-35(49)38(39,40)41)32-33(47)44-36(45-34(32)48)43-24-46(5)6/h8-13,16-19,22,24-25,29-31H,20-21,23H2,1-7H3,(H,42,49)(H,44,45,48)/b43-24-/t25-,29?,30+,31+/m0/s1. The average Bonchev–Trinajstić information content (AvgIpc) is 3.70. The maximum atomic E-state index is 13.5. The number of ether oxygens (including phenoxy) is 2. The van der Waals surface area contributed by atoms with Gasteiger partial charge in [0.25, 0.3) is 13.9 Å². The van der Waals surface area contributed by atoms with E-state index >= 15 is 0 Å². The van der Waals surface area contributed by atoms with Crippen LogP contribution in [0.2, 0.25) is 5.04 Å². The van der Waals surface area contributed by atoms with E-state index in [2.05, 4.69) is 71.8 Å². The minimum atomic E-state index is -5.05. The zero-order valence-corrected chi connectivity index (χ0v) is 34.3. The van der Waals surface area contributed by atoms with Crippen LogP contribution in [-0.4, -0.2) is 97.3 Å².